The summed E-state index contributed by atoms with van der Waals surface area (Å²) in [6.07, 6.45) is 5.32. The van der Waals surface area contributed by atoms with E-state index in [0.717, 1.165) is 23.0 Å². The van der Waals surface area contributed by atoms with E-state index in [2.05, 4.69) is 31.7 Å². The largest absolute Gasteiger partial charge is 0.497 e. The number of hydrogen-bond donors (Lipinski definition) is 2. The number of ether oxygens (including phenoxy) is 1. The van der Waals surface area contributed by atoms with Crippen molar-refractivity contribution in [3.05, 3.63) is 41.5 Å². The van der Waals surface area contributed by atoms with Crippen molar-refractivity contribution in [2.75, 3.05) is 13.7 Å². The van der Waals surface area contributed by atoms with Gasteiger partial charge in [0, 0.05) is 7.05 Å². The summed E-state index contributed by atoms with van der Waals surface area (Å²) in [5.74, 6) is 5.68. The summed E-state index contributed by atoms with van der Waals surface area (Å²) in [5, 5.41) is 14.4. The average molecular weight is 326 g/mol. The van der Waals surface area contributed by atoms with E-state index in [1.807, 2.05) is 42.8 Å². The van der Waals surface area contributed by atoms with Crippen LogP contribution in [0.4, 0.5) is 0 Å². The number of nitrogens with one attached hydrogen (secondary N) is 2. The second-order valence-corrected chi connectivity index (χ2v) is 5.15. The molecule has 0 saturated heterocycles. The first-order valence-electron chi connectivity index (χ1n) is 7.57. The lowest BCUT2D eigenvalue weighted by atomic mass is 10.2. The third-order valence-electron chi connectivity index (χ3n) is 3.53. The lowest BCUT2D eigenvalue weighted by molar-refractivity contribution is 0.414. The maximum Gasteiger partial charge on any atom is 0.192 e. The molecular formula is C17H22N6O. The molecule has 1 aromatic carbocycles. The van der Waals surface area contributed by atoms with Crippen LogP contribution in [0.2, 0.25) is 0 Å². The monoisotopic (exact) mass is 326 g/mol. The van der Waals surface area contributed by atoms with Gasteiger partial charge >= 0.3 is 0 Å². The van der Waals surface area contributed by atoms with Gasteiger partial charge in [-0.1, -0.05) is 18.1 Å². The molecule has 0 aliphatic heterocycles. The Morgan fingerprint density at radius 1 is 1.29 bits per heavy atom. The van der Waals surface area contributed by atoms with E-state index in [9.17, 15) is 0 Å². The fourth-order valence-electron chi connectivity index (χ4n) is 1.98. The minimum atomic E-state index is 0.395. The van der Waals surface area contributed by atoms with E-state index in [4.69, 9.17) is 11.2 Å². The first-order valence-corrected chi connectivity index (χ1v) is 7.57. The van der Waals surface area contributed by atoms with Crippen molar-refractivity contribution in [3.63, 3.8) is 0 Å². The lowest BCUT2D eigenvalue weighted by Crippen LogP contribution is -2.37. The quantitative estimate of drug-likeness (QED) is 0.470. The molecule has 0 amide bonds. The lowest BCUT2D eigenvalue weighted by Gasteiger charge is -2.11. The highest BCUT2D eigenvalue weighted by Gasteiger charge is 2.06. The molecule has 0 fully saturated rings. The van der Waals surface area contributed by atoms with Crippen LogP contribution in [0, 0.1) is 19.3 Å². The van der Waals surface area contributed by atoms with Crippen molar-refractivity contribution in [2.45, 2.75) is 20.0 Å². The fraction of sp³-hybridized carbons (Fsp3) is 0.353. The second kappa shape index (κ2) is 8.58. The summed E-state index contributed by atoms with van der Waals surface area (Å²) in [5.41, 5.74) is 1.08. The first-order chi connectivity index (χ1) is 11.6. The van der Waals surface area contributed by atoms with E-state index >= 15 is 0 Å². The summed E-state index contributed by atoms with van der Waals surface area (Å²) in [6, 6.07) is 7.78. The van der Waals surface area contributed by atoms with Crippen LogP contribution in [0.25, 0.3) is 0 Å². The molecule has 0 atom stereocenters. The van der Waals surface area contributed by atoms with Crippen molar-refractivity contribution in [1.82, 2.24) is 25.4 Å². The molecule has 0 aliphatic rings. The van der Waals surface area contributed by atoms with Gasteiger partial charge in [0.2, 0.25) is 0 Å². The Labute approximate surface area is 142 Å². The topological polar surface area (TPSA) is 76.4 Å². The van der Waals surface area contributed by atoms with Crippen molar-refractivity contribution in [1.29, 1.82) is 0 Å². The van der Waals surface area contributed by atoms with Crippen LogP contribution < -0.4 is 15.4 Å². The van der Waals surface area contributed by atoms with Crippen LogP contribution >= 0.6 is 0 Å². The summed E-state index contributed by atoms with van der Waals surface area (Å²) in [7, 11) is 3.57. The maximum absolute atomic E-state index is 5.32. The third-order valence-corrected chi connectivity index (χ3v) is 3.53. The minimum absolute atomic E-state index is 0.395. The zero-order valence-electron chi connectivity index (χ0n) is 14.2. The SMILES string of the molecule is C#CCNC(=NCc1ccc(OC)cc1)NCc1nnc(C)n1C. The predicted octanol–water partition coefficient (Wildman–Crippen LogP) is 1.00. The van der Waals surface area contributed by atoms with Crippen LogP contribution in [0.15, 0.2) is 29.3 Å². The molecule has 126 valence electrons. The van der Waals surface area contributed by atoms with Gasteiger partial charge in [-0.05, 0) is 24.6 Å². The molecule has 24 heavy (non-hydrogen) atoms. The Balaban J connectivity index is 2.00. The zero-order valence-corrected chi connectivity index (χ0v) is 14.2. The molecular weight excluding hydrogens is 304 g/mol. The number of aromatic nitrogens is 3. The molecule has 2 aromatic rings. The Morgan fingerprint density at radius 2 is 2.04 bits per heavy atom. The van der Waals surface area contributed by atoms with Gasteiger partial charge < -0.3 is 19.9 Å². The molecule has 0 unspecified atom stereocenters. The van der Waals surface area contributed by atoms with E-state index in [1.54, 1.807) is 7.11 Å². The molecule has 2 N–H and O–H groups in total. The van der Waals surface area contributed by atoms with Gasteiger partial charge in [-0.3, -0.25) is 0 Å². The van der Waals surface area contributed by atoms with E-state index in [-0.39, 0.29) is 0 Å². The summed E-state index contributed by atoms with van der Waals surface area (Å²) in [4.78, 5) is 4.54. The normalized spacial score (nSPS) is 11.0. The molecule has 1 aromatic heterocycles. The van der Waals surface area contributed by atoms with Crippen molar-refractivity contribution < 1.29 is 4.74 Å². The van der Waals surface area contributed by atoms with Crippen LogP contribution in [0.3, 0.4) is 0 Å². The summed E-state index contributed by atoms with van der Waals surface area (Å²) in [6.45, 7) is 3.34. The number of nitrogens with zero attached hydrogens (tertiary/aromatic N) is 4. The first kappa shape index (κ1) is 17.3. The standard InChI is InChI=1S/C17H22N6O/c1-5-10-18-17(20-12-16-22-21-13(2)23(16)3)19-11-14-6-8-15(24-4)9-7-14/h1,6-9H,10-12H2,2-4H3,(H2,18,19,20). The molecule has 7 nitrogen and oxygen atoms in total. The molecule has 0 aliphatic carbocycles. The Bertz CT molecular complexity index is 727. The van der Waals surface area contributed by atoms with Gasteiger partial charge in [0.05, 0.1) is 26.7 Å². The third kappa shape index (κ3) is 4.74. The molecule has 0 saturated carbocycles. The number of hydrogen-bond acceptors (Lipinski definition) is 4. The highest BCUT2D eigenvalue weighted by molar-refractivity contribution is 5.79. The van der Waals surface area contributed by atoms with Crippen molar-refractivity contribution in [3.8, 4) is 18.1 Å². The van der Waals surface area contributed by atoms with Gasteiger partial charge in [-0.2, -0.15) is 0 Å². The number of methoxy groups -OCH3 is 1. The highest BCUT2D eigenvalue weighted by atomic mass is 16.5. The second-order valence-electron chi connectivity index (χ2n) is 5.15. The van der Waals surface area contributed by atoms with Crippen LogP contribution in [-0.2, 0) is 20.1 Å². The molecule has 0 spiro atoms. The van der Waals surface area contributed by atoms with Crippen molar-refractivity contribution >= 4 is 5.96 Å². The van der Waals surface area contributed by atoms with Crippen LogP contribution in [0.1, 0.15) is 17.2 Å². The van der Waals surface area contributed by atoms with Gasteiger partial charge in [0.25, 0.3) is 0 Å². The summed E-state index contributed by atoms with van der Waals surface area (Å²) < 4.78 is 7.08. The number of rotatable bonds is 6. The molecule has 0 radical (unpaired) electrons. The van der Waals surface area contributed by atoms with E-state index < -0.39 is 0 Å². The number of aryl methyl sites for hydroxylation is 1. The smallest absolute Gasteiger partial charge is 0.192 e. The average Bonchev–Trinajstić information content (AvgIpc) is 2.93. The van der Waals surface area contributed by atoms with Crippen molar-refractivity contribution in [2.24, 2.45) is 12.0 Å². The van der Waals surface area contributed by atoms with Crippen LogP contribution in [0.5, 0.6) is 5.75 Å². The number of benzene rings is 1. The predicted molar refractivity (Wildman–Crippen MR) is 93.5 cm³/mol. The molecule has 2 rings (SSSR count). The summed E-state index contributed by atoms with van der Waals surface area (Å²) >= 11 is 0. The zero-order chi connectivity index (χ0) is 17.4. The number of aliphatic imine (C=N–C) groups is 1. The van der Waals surface area contributed by atoms with Gasteiger partial charge in [0.15, 0.2) is 11.8 Å². The molecule has 1 heterocycles. The van der Waals surface area contributed by atoms with Crippen LogP contribution in [-0.4, -0.2) is 34.4 Å². The molecule has 7 heteroatoms. The van der Waals surface area contributed by atoms with Gasteiger partial charge in [-0.25, -0.2) is 4.99 Å². The number of terminal acetylenes is 1. The molecule has 0 bridgehead atoms. The van der Waals surface area contributed by atoms with E-state index in [1.165, 1.54) is 0 Å². The van der Waals surface area contributed by atoms with E-state index in [0.29, 0.717) is 25.6 Å². The fourth-order valence-corrected chi connectivity index (χ4v) is 1.98. The minimum Gasteiger partial charge on any atom is -0.497 e. The Kier molecular flexibility index (Phi) is 6.20. The number of guanidine groups is 1. The van der Waals surface area contributed by atoms with Gasteiger partial charge in [-0.15, -0.1) is 16.6 Å². The highest BCUT2D eigenvalue weighted by Crippen LogP contribution is 2.11. The Morgan fingerprint density at radius 3 is 2.62 bits per heavy atom. The Hall–Kier alpha value is -3.01. The van der Waals surface area contributed by atoms with Gasteiger partial charge in [0.1, 0.15) is 11.6 Å². The maximum atomic E-state index is 5.32.